The summed E-state index contributed by atoms with van der Waals surface area (Å²) in [6.45, 7) is 3.55. The second kappa shape index (κ2) is 6.16. The second-order valence-corrected chi connectivity index (χ2v) is 5.10. The third-order valence-electron chi connectivity index (χ3n) is 3.46. The molecule has 1 heterocycles. The number of nitrogen functional groups attached to an aromatic ring is 1. The van der Waals surface area contributed by atoms with E-state index in [9.17, 15) is 4.39 Å². The Labute approximate surface area is 108 Å². The van der Waals surface area contributed by atoms with Crippen LogP contribution in [0.4, 0.5) is 10.1 Å². The minimum Gasteiger partial charge on any atom is -0.398 e. The maximum absolute atomic E-state index is 13.0. The number of nitrogens with two attached hydrogens (primary N) is 1. The van der Waals surface area contributed by atoms with E-state index in [0.29, 0.717) is 11.6 Å². The molecule has 0 aromatic heterocycles. The largest absolute Gasteiger partial charge is 0.398 e. The van der Waals surface area contributed by atoms with Gasteiger partial charge < -0.3 is 15.4 Å². The number of benzene rings is 1. The highest BCUT2D eigenvalue weighted by molar-refractivity contribution is 5.46. The van der Waals surface area contributed by atoms with Gasteiger partial charge in [0.15, 0.2) is 0 Å². The van der Waals surface area contributed by atoms with Crippen LogP contribution >= 0.6 is 0 Å². The van der Waals surface area contributed by atoms with Gasteiger partial charge in [-0.2, -0.15) is 0 Å². The van der Waals surface area contributed by atoms with Gasteiger partial charge in [-0.25, -0.2) is 4.39 Å². The van der Waals surface area contributed by atoms with Crippen LogP contribution in [0.5, 0.6) is 0 Å². The van der Waals surface area contributed by atoms with Crippen LogP contribution in [0.1, 0.15) is 18.4 Å². The molecule has 2 rings (SSSR count). The van der Waals surface area contributed by atoms with Gasteiger partial charge in [0.2, 0.25) is 0 Å². The van der Waals surface area contributed by atoms with Gasteiger partial charge in [0.05, 0.1) is 0 Å². The molecule has 0 spiro atoms. The zero-order valence-corrected chi connectivity index (χ0v) is 10.9. The Morgan fingerprint density at radius 2 is 2.11 bits per heavy atom. The van der Waals surface area contributed by atoms with Crippen molar-refractivity contribution in [2.75, 3.05) is 32.5 Å². The van der Waals surface area contributed by atoms with E-state index in [2.05, 4.69) is 11.9 Å². The first-order valence-electron chi connectivity index (χ1n) is 6.45. The van der Waals surface area contributed by atoms with E-state index in [-0.39, 0.29) is 5.82 Å². The topological polar surface area (TPSA) is 38.5 Å². The molecule has 2 N–H and O–H groups in total. The fourth-order valence-corrected chi connectivity index (χ4v) is 2.43. The van der Waals surface area contributed by atoms with E-state index in [4.69, 9.17) is 10.5 Å². The standard InChI is InChI=1S/C14H21FN2O/c1-17(9-11-4-6-18-7-5-11)10-12-2-3-13(15)8-14(12)16/h2-3,8,11H,4-7,9-10,16H2,1H3. The maximum atomic E-state index is 13.0. The average Bonchev–Trinajstić information content (AvgIpc) is 2.34. The Balaban J connectivity index is 1.87. The summed E-state index contributed by atoms with van der Waals surface area (Å²) in [4.78, 5) is 2.25. The molecule has 0 unspecified atom stereocenters. The second-order valence-electron chi connectivity index (χ2n) is 5.10. The first-order valence-corrected chi connectivity index (χ1v) is 6.45. The molecule has 100 valence electrons. The smallest absolute Gasteiger partial charge is 0.125 e. The Morgan fingerprint density at radius 1 is 1.39 bits per heavy atom. The summed E-state index contributed by atoms with van der Waals surface area (Å²) in [7, 11) is 2.08. The highest BCUT2D eigenvalue weighted by atomic mass is 19.1. The summed E-state index contributed by atoms with van der Waals surface area (Å²) < 4.78 is 18.3. The lowest BCUT2D eigenvalue weighted by atomic mass is 9.99. The molecule has 0 amide bonds. The summed E-state index contributed by atoms with van der Waals surface area (Å²) in [5, 5.41) is 0. The number of nitrogens with zero attached hydrogens (tertiary/aromatic N) is 1. The van der Waals surface area contributed by atoms with Crippen LogP contribution in [0.15, 0.2) is 18.2 Å². The van der Waals surface area contributed by atoms with Crippen LogP contribution in [0.3, 0.4) is 0 Å². The molecule has 3 nitrogen and oxygen atoms in total. The van der Waals surface area contributed by atoms with Crippen molar-refractivity contribution in [3.8, 4) is 0 Å². The van der Waals surface area contributed by atoms with Gasteiger partial charge in [0.1, 0.15) is 5.82 Å². The van der Waals surface area contributed by atoms with Crippen molar-refractivity contribution in [2.24, 2.45) is 5.92 Å². The lowest BCUT2D eigenvalue weighted by Crippen LogP contribution is -2.29. The molecule has 0 radical (unpaired) electrons. The molecule has 0 bridgehead atoms. The molecule has 0 aliphatic carbocycles. The number of anilines is 1. The van der Waals surface area contributed by atoms with Gasteiger partial charge in [-0.1, -0.05) is 6.07 Å². The highest BCUT2D eigenvalue weighted by Crippen LogP contribution is 2.19. The third kappa shape index (κ3) is 3.68. The molecule has 1 aromatic rings. The van der Waals surface area contributed by atoms with Crippen molar-refractivity contribution in [3.05, 3.63) is 29.6 Å². The van der Waals surface area contributed by atoms with Gasteiger partial charge in [-0.15, -0.1) is 0 Å². The van der Waals surface area contributed by atoms with E-state index >= 15 is 0 Å². The zero-order valence-electron chi connectivity index (χ0n) is 10.9. The lowest BCUT2D eigenvalue weighted by Gasteiger charge is -2.27. The zero-order chi connectivity index (χ0) is 13.0. The molecule has 1 saturated heterocycles. The van der Waals surface area contributed by atoms with Gasteiger partial charge in [0.25, 0.3) is 0 Å². The Hall–Kier alpha value is -1.13. The SMILES string of the molecule is CN(Cc1ccc(F)cc1N)CC1CCOCC1. The van der Waals surface area contributed by atoms with Crippen molar-refractivity contribution in [3.63, 3.8) is 0 Å². The van der Waals surface area contributed by atoms with Gasteiger partial charge in [-0.3, -0.25) is 0 Å². The van der Waals surface area contributed by atoms with E-state index in [0.717, 1.165) is 44.7 Å². The van der Waals surface area contributed by atoms with Gasteiger partial charge in [0, 0.05) is 32.0 Å². The summed E-state index contributed by atoms with van der Waals surface area (Å²) in [6.07, 6.45) is 2.26. The first-order chi connectivity index (χ1) is 8.65. The number of halogens is 1. The minimum absolute atomic E-state index is 0.275. The van der Waals surface area contributed by atoms with Crippen LogP contribution in [0.2, 0.25) is 0 Å². The molecule has 0 saturated carbocycles. The Kier molecular flexibility index (Phi) is 4.55. The van der Waals surface area contributed by atoms with Crippen molar-refractivity contribution >= 4 is 5.69 Å². The quantitative estimate of drug-likeness (QED) is 0.835. The molecule has 0 atom stereocenters. The van der Waals surface area contributed by atoms with Crippen LogP contribution in [-0.2, 0) is 11.3 Å². The maximum Gasteiger partial charge on any atom is 0.125 e. The molecule has 1 aromatic carbocycles. The van der Waals surface area contributed by atoms with E-state index in [1.54, 1.807) is 6.07 Å². The highest BCUT2D eigenvalue weighted by Gasteiger charge is 2.16. The van der Waals surface area contributed by atoms with E-state index < -0.39 is 0 Å². The lowest BCUT2D eigenvalue weighted by molar-refractivity contribution is 0.0550. The summed E-state index contributed by atoms with van der Waals surface area (Å²) >= 11 is 0. The molecule has 1 aliphatic rings. The summed E-state index contributed by atoms with van der Waals surface area (Å²) in [5.74, 6) is 0.425. The molecule has 18 heavy (non-hydrogen) atoms. The Morgan fingerprint density at radius 3 is 2.78 bits per heavy atom. The van der Waals surface area contributed by atoms with Crippen molar-refractivity contribution in [1.29, 1.82) is 0 Å². The van der Waals surface area contributed by atoms with Crippen LogP contribution in [-0.4, -0.2) is 31.7 Å². The Bertz CT molecular complexity index is 391. The van der Waals surface area contributed by atoms with E-state index in [1.807, 2.05) is 0 Å². The fourth-order valence-electron chi connectivity index (χ4n) is 2.43. The molecule has 1 fully saturated rings. The first kappa shape index (κ1) is 13.3. The van der Waals surface area contributed by atoms with Crippen molar-refractivity contribution in [2.45, 2.75) is 19.4 Å². The molecule has 1 aliphatic heterocycles. The van der Waals surface area contributed by atoms with E-state index in [1.165, 1.54) is 12.1 Å². The van der Waals surface area contributed by atoms with Gasteiger partial charge in [-0.05, 0) is 43.5 Å². The molecular formula is C14H21FN2O. The summed E-state index contributed by atoms with van der Waals surface area (Å²) in [5.41, 5.74) is 7.34. The normalized spacial score (nSPS) is 17.3. The fraction of sp³-hybridized carbons (Fsp3) is 0.571. The third-order valence-corrected chi connectivity index (χ3v) is 3.46. The number of hydrogen-bond donors (Lipinski definition) is 1. The number of ether oxygens (including phenoxy) is 1. The monoisotopic (exact) mass is 252 g/mol. The summed E-state index contributed by atoms with van der Waals surface area (Å²) in [6, 6.07) is 4.62. The average molecular weight is 252 g/mol. The molecule has 4 heteroatoms. The van der Waals surface area contributed by atoms with Gasteiger partial charge >= 0.3 is 0 Å². The minimum atomic E-state index is -0.275. The molecular weight excluding hydrogens is 231 g/mol. The predicted octanol–water partition coefficient (Wildman–Crippen LogP) is 2.27. The number of hydrogen-bond acceptors (Lipinski definition) is 3. The van der Waals surface area contributed by atoms with Crippen molar-refractivity contribution < 1.29 is 9.13 Å². The van der Waals surface area contributed by atoms with Crippen LogP contribution in [0, 0.1) is 11.7 Å². The number of rotatable bonds is 4. The van der Waals surface area contributed by atoms with Crippen molar-refractivity contribution in [1.82, 2.24) is 4.90 Å². The van der Waals surface area contributed by atoms with Crippen LogP contribution < -0.4 is 5.73 Å². The van der Waals surface area contributed by atoms with Crippen LogP contribution in [0.25, 0.3) is 0 Å². The predicted molar refractivity (Wildman–Crippen MR) is 70.7 cm³/mol.